The lowest BCUT2D eigenvalue weighted by Crippen LogP contribution is -2.42. The highest BCUT2D eigenvalue weighted by atomic mass is 19.1. The molecule has 1 amide bonds. The second kappa shape index (κ2) is 8.18. The lowest BCUT2D eigenvalue weighted by atomic mass is 10.0. The maximum atomic E-state index is 13.8. The van der Waals surface area contributed by atoms with Crippen molar-refractivity contribution in [1.29, 1.82) is 0 Å². The summed E-state index contributed by atoms with van der Waals surface area (Å²) in [6.07, 6.45) is 1.24. The number of anilines is 1. The number of aliphatic imine (C=N–C) groups is 1. The van der Waals surface area contributed by atoms with Crippen molar-refractivity contribution < 1.29 is 23.4 Å². The van der Waals surface area contributed by atoms with Gasteiger partial charge in [0.1, 0.15) is 29.5 Å². The van der Waals surface area contributed by atoms with Gasteiger partial charge in [-0.3, -0.25) is 9.79 Å². The Morgan fingerprint density at radius 2 is 2.17 bits per heavy atom. The van der Waals surface area contributed by atoms with E-state index in [0.717, 1.165) is 18.2 Å². The van der Waals surface area contributed by atoms with E-state index in [2.05, 4.69) is 25.6 Å². The van der Waals surface area contributed by atoms with Crippen molar-refractivity contribution in [3.05, 3.63) is 53.0 Å². The fraction of sp³-hybridized carbons (Fsp3) is 0.368. The first-order chi connectivity index (χ1) is 14.0. The van der Waals surface area contributed by atoms with Gasteiger partial charge in [0, 0.05) is 18.7 Å². The molecule has 10 heteroatoms. The summed E-state index contributed by atoms with van der Waals surface area (Å²) >= 11 is 0. The zero-order valence-corrected chi connectivity index (χ0v) is 15.4. The minimum atomic E-state index is -0.707. The Hall–Kier alpha value is -2.98. The van der Waals surface area contributed by atoms with Gasteiger partial charge in [0.05, 0.1) is 36.6 Å². The average molecular weight is 403 g/mol. The molecule has 1 aromatic carbocycles. The number of nitrogens with zero attached hydrogens (tertiary/aromatic N) is 3. The van der Waals surface area contributed by atoms with Gasteiger partial charge in [0.2, 0.25) is 0 Å². The van der Waals surface area contributed by atoms with Crippen molar-refractivity contribution in [2.24, 2.45) is 4.99 Å². The fourth-order valence-electron chi connectivity index (χ4n) is 3.32. The molecular weight excluding hydrogens is 384 g/mol. The van der Waals surface area contributed by atoms with Gasteiger partial charge in [-0.2, -0.15) is 0 Å². The molecule has 0 radical (unpaired) electrons. The lowest BCUT2D eigenvalue weighted by molar-refractivity contribution is -0.114. The number of carbonyl (C=O) groups is 1. The van der Waals surface area contributed by atoms with Gasteiger partial charge in [0.15, 0.2) is 0 Å². The number of hydrogen-bond donors (Lipinski definition) is 3. The highest BCUT2D eigenvalue weighted by molar-refractivity contribution is 6.47. The first-order valence-corrected chi connectivity index (χ1v) is 9.16. The number of carbonyl (C=O) groups excluding carboxylic acids is 1. The monoisotopic (exact) mass is 403 g/mol. The molecule has 2 atom stereocenters. The maximum absolute atomic E-state index is 13.8. The van der Waals surface area contributed by atoms with Gasteiger partial charge in [0.25, 0.3) is 5.91 Å². The molecule has 2 aromatic rings. The van der Waals surface area contributed by atoms with Crippen LogP contribution in [-0.4, -0.2) is 52.1 Å². The highest BCUT2D eigenvalue weighted by Gasteiger charge is 2.30. The molecule has 1 aromatic heterocycles. The van der Waals surface area contributed by atoms with E-state index in [4.69, 9.17) is 4.74 Å². The van der Waals surface area contributed by atoms with Crippen LogP contribution in [0.4, 0.5) is 14.6 Å². The molecule has 29 heavy (non-hydrogen) atoms. The van der Waals surface area contributed by atoms with Crippen LogP contribution in [0.3, 0.4) is 0 Å². The number of halogens is 2. The number of benzene rings is 1. The van der Waals surface area contributed by atoms with E-state index in [1.165, 1.54) is 6.33 Å². The van der Waals surface area contributed by atoms with Crippen LogP contribution in [0.2, 0.25) is 0 Å². The molecule has 1 fully saturated rings. The molecule has 0 unspecified atom stereocenters. The Morgan fingerprint density at radius 1 is 1.31 bits per heavy atom. The van der Waals surface area contributed by atoms with Gasteiger partial charge in [-0.15, -0.1) is 0 Å². The number of aromatic nitrogens is 2. The van der Waals surface area contributed by atoms with Crippen molar-refractivity contribution in [1.82, 2.24) is 15.3 Å². The van der Waals surface area contributed by atoms with Gasteiger partial charge in [-0.05, 0) is 24.6 Å². The van der Waals surface area contributed by atoms with Crippen LogP contribution >= 0.6 is 0 Å². The lowest BCUT2D eigenvalue weighted by Gasteiger charge is -2.29. The number of aliphatic hydroxyl groups is 1. The smallest absolute Gasteiger partial charge is 0.270 e. The first-order valence-electron chi connectivity index (χ1n) is 9.16. The maximum Gasteiger partial charge on any atom is 0.270 e. The van der Waals surface area contributed by atoms with Gasteiger partial charge < -0.3 is 20.5 Å². The van der Waals surface area contributed by atoms with E-state index in [-0.39, 0.29) is 37.0 Å². The molecule has 3 heterocycles. The standard InChI is InChI=1S/C19H19F2N5O3/c20-11-1-2-12(21)10(5-11)6-23-19(28)17-16-14(7-22-17)24-9-25-18(16)26-13-3-4-29-8-15(13)27/h1-2,5,9,13,15,27H,3-4,6-8H2,(H,23,28)(H,24,25,26)/t13-,15-/m1/s1. The number of hydrogen-bond acceptors (Lipinski definition) is 7. The number of amides is 1. The van der Waals surface area contributed by atoms with Crippen molar-refractivity contribution in [3.8, 4) is 0 Å². The van der Waals surface area contributed by atoms with Crippen molar-refractivity contribution in [3.63, 3.8) is 0 Å². The molecule has 2 aliphatic rings. The third kappa shape index (κ3) is 4.08. The Balaban J connectivity index is 1.51. The second-order valence-electron chi connectivity index (χ2n) is 6.81. The average Bonchev–Trinajstić information content (AvgIpc) is 3.15. The Morgan fingerprint density at radius 3 is 3.00 bits per heavy atom. The molecule has 152 valence electrons. The van der Waals surface area contributed by atoms with E-state index >= 15 is 0 Å². The summed E-state index contributed by atoms with van der Waals surface area (Å²) in [5.41, 5.74) is 1.17. The number of rotatable bonds is 5. The molecule has 2 aliphatic heterocycles. The van der Waals surface area contributed by atoms with Crippen LogP contribution in [0, 0.1) is 11.6 Å². The number of fused-ring (bicyclic) bond motifs is 1. The normalized spacial score (nSPS) is 20.7. The quantitative estimate of drug-likeness (QED) is 0.686. The third-order valence-corrected chi connectivity index (χ3v) is 4.86. The molecule has 4 rings (SSSR count). The summed E-state index contributed by atoms with van der Waals surface area (Å²) in [5.74, 6) is -1.35. The van der Waals surface area contributed by atoms with Crippen molar-refractivity contribution in [2.75, 3.05) is 18.5 Å². The second-order valence-corrected chi connectivity index (χ2v) is 6.81. The third-order valence-electron chi connectivity index (χ3n) is 4.86. The summed E-state index contributed by atoms with van der Waals surface area (Å²) in [6.45, 7) is 0.736. The molecular formula is C19H19F2N5O3. The van der Waals surface area contributed by atoms with E-state index < -0.39 is 23.6 Å². The van der Waals surface area contributed by atoms with Crippen LogP contribution in [0.5, 0.6) is 0 Å². The highest BCUT2D eigenvalue weighted by Crippen LogP contribution is 2.25. The van der Waals surface area contributed by atoms with Crippen LogP contribution in [0.15, 0.2) is 29.5 Å². The fourth-order valence-corrected chi connectivity index (χ4v) is 3.32. The van der Waals surface area contributed by atoms with Gasteiger partial charge in [-0.25, -0.2) is 18.7 Å². The Kier molecular flexibility index (Phi) is 5.45. The largest absolute Gasteiger partial charge is 0.389 e. The molecule has 0 bridgehead atoms. The molecule has 8 nitrogen and oxygen atoms in total. The van der Waals surface area contributed by atoms with Crippen molar-refractivity contribution >= 4 is 17.4 Å². The molecule has 0 spiro atoms. The Bertz CT molecular complexity index is 969. The van der Waals surface area contributed by atoms with Crippen LogP contribution < -0.4 is 10.6 Å². The van der Waals surface area contributed by atoms with Crippen LogP contribution in [0.1, 0.15) is 23.2 Å². The first kappa shape index (κ1) is 19.3. The van der Waals surface area contributed by atoms with E-state index in [1.807, 2.05) is 0 Å². The molecule has 0 saturated carbocycles. The number of aliphatic hydroxyl groups excluding tert-OH is 1. The Labute approximate surface area is 165 Å². The van der Waals surface area contributed by atoms with E-state index in [9.17, 15) is 18.7 Å². The number of nitrogens with one attached hydrogen (secondary N) is 2. The van der Waals surface area contributed by atoms with E-state index in [0.29, 0.717) is 30.1 Å². The van der Waals surface area contributed by atoms with Crippen molar-refractivity contribution in [2.45, 2.75) is 31.7 Å². The summed E-state index contributed by atoms with van der Waals surface area (Å²) in [7, 11) is 0. The van der Waals surface area contributed by atoms with Gasteiger partial charge in [-0.1, -0.05) is 0 Å². The predicted molar refractivity (Wildman–Crippen MR) is 99.3 cm³/mol. The minimum Gasteiger partial charge on any atom is -0.389 e. The van der Waals surface area contributed by atoms with E-state index in [1.54, 1.807) is 0 Å². The zero-order valence-electron chi connectivity index (χ0n) is 15.4. The molecule has 1 saturated heterocycles. The molecule has 3 N–H and O–H groups in total. The predicted octanol–water partition coefficient (Wildman–Crippen LogP) is 0.936. The topological polar surface area (TPSA) is 109 Å². The SMILES string of the molecule is O=C(NCc1cc(F)ccc1F)C1=NCc2ncnc(N[C@@H]3CCOC[C@H]3O)c21. The van der Waals surface area contributed by atoms with Crippen LogP contribution in [0.25, 0.3) is 0 Å². The number of ether oxygens (including phenoxy) is 1. The van der Waals surface area contributed by atoms with Crippen LogP contribution in [-0.2, 0) is 22.6 Å². The minimum absolute atomic E-state index is 0.0326. The van der Waals surface area contributed by atoms with Gasteiger partial charge >= 0.3 is 0 Å². The summed E-state index contributed by atoms with van der Waals surface area (Å²) in [5, 5.41) is 15.8. The summed E-state index contributed by atoms with van der Waals surface area (Å²) < 4.78 is 32.3. The molecule has 0 aliphatic carbocycles. The summed E-state index contributed by atoms with van der Waals surface area (Å²) in [4.78, 5) is 25.3. The zero-order chi connectivity index (χ0) is 20.4. The summed E-state index contributed by atoms with van der Waals surface area (Å²) in [6, 6.07) is 2.77.